The van der Waals surface area contributed by atoms with Crippen LogP contribution in [-0.4, -0.2) is 73.9 Å². The quantitative estimate of drug-likeness (QED) is 0.261. The summed E-state index contributed by atoms with van der Waals surface area (Å²) in [4.78, 5) is 38.9. The van der Waals surface area contributed by atoms with Crippen molar-refractivity contribution in [1.82, 2.24) is 5.32 Å². The van der Waals surface area contributed by atoms with Crippen LogP contribution < -0.4 is 5.32 Å². The van der Waals surface area contributed by atoms with E-state index in [1.54, 1.807) is 25.1 Å². The minimum Gasteiger partial charge on any atom is -0.465 e. The van der Waals surface area contributed by atoms with Crippen LogP contribution in [0.15, 0.2) is 35.4 Å². The van der Waals surface area contributed by atoms with Crippen molar-refractivity contribution in [2.24, 2.45) is 5.11 Å². The van der Waals surface area contributed by atoms with Crippen molar-refractivity contribution in [3.63, 3.8) is 0 Å². The van der Waals surface area contributed by atoms with Gasteiger partial charge in [-0.05, 0) is 24.6 Å². The molecule has 0 aromatic heterocycles. The molecule has 0 bridgehead atoms. The molecule has 0 spiro atoms. The number of ether oxygens (including phenoxy) is 4. The topological polar surface area (TPSA) is 169 Å². The molecular formula is C18H22N4O8. The summed E-state index contributed by atoms with van der Waals surface area (Å²) in [5.74, 6) is -2.30. The normalized spacial score (nSPS) is 25.5. The zero-order chi connectivity index (χ0) is 22.1. The number of methoxy groups -OCH3 is 1. The van der Waals surface area contributed by atoms with Gasteiger partial charge in [0.05, 0.1) is 12.2 Å². The number of esters is 2. The van der Waals surface area contributed by atoms with Gasteiger partial charge in [0.1, 0.15) is 18.7 Å². The molecule has 1 aliphatic rings. The molecule has 1 amide bonds. The molecule has 1 fully saturated rings. The van der Waals surface area contributed by atoms with Crippen LogP contribution in [0.25, 0.3) is 10.4 Å². The Morgan fingerprint density at radius 1 is 1.30 bits per heavy atom. The number of amides is 1. The average Bonchev–Trinajstić information content (AvgIpc) is 2.75. The Kier molecular flexibility index (Phi) is 8.56. The van der Waals surface area contributed by atoms with E-state index in [1.165, 1.54) is 19.2 Å². The summed E-state index contributed by atoms with van der Waals surface area (Å²) < 4.78 is 20.6. The molecule has 0 radical (unpaired) electrons. The van der Waals surface area contributed by atoms with E-state index in [4.69, 9.17) is 24.5 Å². The number of hydrogen-bond donors (Lipinski definition) is 2. The maximum Gasteiger partial charge on any atom is 0.338 e. The van der Waals surface area contributed by atoms with Crippen LogP contribution >= 0.6 is 0 Å². The number of nitrogens with zero attached hydrogens (tertiary/aromatic N) is 3. The zero-order valence-electron chi connectivity index (χ0n) is 16.3. The summed E-state index contributed by atoms with van der Waals surface area (Å²) in [6.45, 7) is 1.30. The number of carbonyl (C=O) groups excluding carboxylic acids is 3. The smallest absolute Gasteiger partial charge is 0.338 e. The third-order valence-corrected chi connectivity index (χ3v) is 4.19. The van der Waals surface area contributed by atoms with E-state index < -0.39 is 55.0 Å². The average molecular weight is 422 g/mol. The van der Waals surface area contributed by atoms with Crippen LogP contribution in [0, 0.1) is 0 Å². The van der Waals surface area contributed by atoms with Crippen molar-refractivity contribution in [2.45, 2.75) is 37.6 Å². The minimum atomic E-state index is -1.68. The summed E-state index contributed by atoms with van der Waals surface area (Å²) in [5, 5.41) is 16.3. The standard InChI is InChI=1S/C18H22N4O8/c1-3-28-11(23)9-20-16(25)15-13(24)12(21-22-19)14(18(27-2)30-15)29-17(26)10-7-5-4-6-8-10/h4-8,12-15,18,24H,3,9H2,1-2H3,(H,20,25)/t12-,13+,14-,15+,18+/m1/s1. The summed E-state index contributed by atoms with van der Waals surface area (Å²) in [7, 11) is 1.23. The fourth-order valence-electron chi connectivity index (χ4n) is 2.80. The number of nitrogens with one attached hydrogen (secondary N) is 1. The van der Waals surface area contributed by atoms with E-state index in [-0.39, 0.29) is 12.2 Å². The van der Waals surface area contributed by atoms with E-state index >= 15 is 0 Å². The highest BCUT2D eigenvalue weighted by atomic mass is 16.7. The second kappa shape index (κ2) is 11.1. The zero-order valence-corrected chi connectivity index (χ0v) is 16.3. The predicted molar refractivity (Wildman–Crippen MR) is 99.9 cm³/mol. The van der Waals surface area contributed by atoms with E-state index in [9.17, 15) is 19.5 Å². The van der Waals surface area contributed by atoms with Gasteiger partial charge >= 0.3 is 11.9 Å². The molecule has 12 nitrogen and oxygen atoms in total. The highest BCUT2D eigenvalue weighted by molar-refractivity contribution is 5.89. The fraction of sp³-hybridized carbons (Fsp3) is 0.500. The number of carbonyl (C=O) groups is 3. The Hall–Kier alpha value is -3.18. The highest BCUT2D eigenvalue weighted by Gasteiger charge is 2.50. The summed E-state index contributed by atoms with van der Waals surface area (Å²) in [6.07, 6.45) is -5.88. The first-order chi connectivity index (χ1) is 14.4. The van der Waals surface area contributed by atoms with E-state index in [1.807, 2.05) is 0 Å². The Balaban J connectivity index is 2.17. The van der Waals surface area contributed by atoms with Gasteiger partial charge in [0, 0.05) is 12.0 Å². The molecule has 0 saturated carbocycles. The molecule has 12 heteroatoms. The highest BCUT2D eigenvalue weighted by Crippen LogP contribution is 2.27. The van der Waals surface area contributed by atoms with Gasteiger partial charge in [-0.1, -0.05) is 23.3 Å². The molecule has 1 aliphatic heterocycles. The van der Waals surface area contributed by atoms with Crippen LogP contribution in [0.3, 0.4) is 0 Å². The molecule has 1 aromatic rings. The molecule has 2 rings (SSSR count). The van der Waals surface area contributed by atoms with Crippen molar-refractivity contribution in [1.29, 1.82) is 0 Å². The lowest BCUT2D eigenvalue weighted by molar-refractivity contribution is -0.256. The van der Waals surface area contributed by atoms with Gasteiger partial charge in [0.15, 0.2) is 18.5 Å². The maximum atomic E-state index is 12.4. The lowest BCUT2D eigenvalue weighted by atomic mass is 9.96. The number of benzene rings is 1. The van der Waals surface area contributed by atoms with Crippen LogP contribution in [0.5, 0.6) is 0 Å². The molecule has 30 heavy (non-hydrogen) atoms. The first-order valence-corrected chi connectivity index (χ1v) is 9.02. The van der Waals surface area contributed by atoms with E-state index in [2.05, 4.69) is 15.3 Å². The van der Waals surface area contributed by atoms with Gasteiger partial charge < -0.3 is 29.4 Å². The fourth-order valence-corrected chi connectivity index (χ4v) is 2.80. The molecule has 162 valence electrons. The third kappa shape index (κ3) is 5.67. The maximum absolute atomic E-state index is 12.4. The van der Waals surface area contributed by atoms with Gasteiger partial charge in [0.2, 0.25) is 0 Å². The van der Waals surface area contributed by atoms with Crippen molar-refractivity contribution in [3.8, 4) is 0 Å². The molecule has 1 saturated heterocycles. The largest absolute Gasteiger partial charge is 0.465 e. The van der Waals surface area contributed by atoms with Gasteiger partial charge in [0.25, 0.3) is 5.91 Å². The van der Waals surface area contributed by atoms with Gasteiger partial charge in [-0.2, -0.15) is 0 Å². The summed E-state index contributed by atoms with van der Waals surface area (Å²) in [5.41, 5.74) is 9.11. The first-order valence-electron chi connectivity index (χ1n) is 9.02. The van der Waals surface area contributed by atoms with Crippen LogP contribution in [0.4, 0.5) is 0 Å². The minimum absolute atomic E-state index is 0.135. The molecule has 2 N–H and O–H groups in total. The Bertz CT molecular complexity index is 799. The third-order valence-electron chi connectivity index (χ3n) is 4.19. The van der Waals surface area contributed by atoms with Crippen molar-refractivity contribution < 1.29 is 38.4 Å². The van der Waals surface area contributed by atoms with E-state index in [0.29, 0.717) is 0 Å². The lowest BCUT2D eigenvalue weighted by Gasteiger charge is -2.41. The van der Waals surface area contributed by atoms with Crippen molar-refractivity contribution >= 4 is 17.8 Å². The second-order valence-corrected chi connectivity index (χ2v) is 6.11. The van der Waals surface area contributed by atoms with Crippen molar-refractivity contribution in [2.75, 3.05) is 20.3 Å². The SMILES string of the molecule is CCOC(=O)CNC(=O)[C@H]1O[C@H](OC)[C@H](OC(=O)c2ccccc2)[C@H](N=[N+]=[N-])[C@@H]1O. The molecule has 0 aliphatic carbocycles. The van der Waals surface area contributed by atoms with Gasteiger partial charge in [-0.25, -0.2) is 4.79 Å². The summed E-state index contributed by atoms with van der Waals surface area (Å²) in [6, 6.07) is 6.61. The predicted octanol–water partition coefficient (Wildman–Crippen LogP) is 0.302. The number of aliphatic hydroxyl groups excluding tert-OH is 1. The Morgan fingerprint density at radius 3 is 2.60 bits per heavy atom. The first kappa shape index (κ1) is 23.1. The lowest BCUT2D eigenvalue weighted by Crippen LogP contribution is -2.62. The molecule has 0 unspecified atom stereocenters. The Morgan fingerprint density at radius 2 is 2.00 bits per heavy atom. The van der Waals surface area contributed by atoms with Crippen LogP contribution in [-0.2, 0) is 28.5 Å². The number of rotatable bonds is 8. The molecular weight excluding hydrogens is 400 g/mol. The second-order valence-electron chi connectivity index (χ2n) is 6.11. The molecule has 1 aromatic carbocycles. The number of azide groups is 1. The molecule has 5 atom stereocenters. The van der Waals surface area contributed by atoms with E-state index in [0.717, 1.165) is 0 Å². The number of aliphatic hydroxyl groups is 1. The number of hydrogen-bond acceptors (Lipinski definition) is 9. The van der Waals surface area contributed by atoms with Gasteiger partial charge in [-0.15, -0.1) is 0 Å². The van der Waals surface area contributed by atoms with Crippen molar-refractivity contribution in [3.05, 3.63) is 46.3 Å². The summed E-state index contributed by atoms with van der Waals surface area (Å²) >= 11 is 0. The van der Waals surface area contributed by atoms with Crippen LogP contribution in [0.2, 0.25) is 0 Å². The van der Waals surface area contributed by atoms with Gasteiger partial charge in [-0.3, -0.25) is 9.59 Å². The van der Waals surface area contributed by atoms with Crippen LogP contribution in [0.1, 0.15) is 17.3 Å². The monoisotopic (exact) mass is 422 g/mol. The Labute approximate surface area is 171 Å². The molecule has 1 heterocycles.